The highest BCUT2D eigenvalue weighted by molar-refractivity contribution is 5.80. The highest BCUT2D eigenvalue weighted by Gasteiger charge is 2.12. The summed E-state index contributed by atoms with van der Waals surface area (Å²) >= 11 is 0. The van der Waals surface area contributed by atoms with Gasteiger partial charge >= 0.3 is 5.97 Å². The number of ketones is 1. The monoisotopic (exact) mass is 148 g/mol. The van der Waals surface area contributed by atoms with Crippen LogP contribution in [0.3, 0.4) is 0 Å². The first-order valence-electron chi connectivity index (χ1n) is 2.90. The number of rotatable bonds is 4. The van der Waals surface area contributed by atoms with Gasteiger partial charge in [-0.05, 0) is 13.3 Å². The number of halogens is 1. The van der Waals surface area contributed by atoms with E-state index < -0.39 is 17.9 Å². The molecule has 0 heterocycles. The Balaban J connectivity index is 3.49. The van der Waals surface area contributed by atoms with Crippen LogP contribution < -0.4 is 0 Å². The first kappa shape index (κ1) is 9.07. The van der Waals surface area contributed by atoms with Crippen molar-refractivity contribution in [2.75, 3.05) is 0 Å². The Kier molecular flexibility index (Phi) is 3.61. The van der Waals surface area contributed by atoms with Crippen LogP contribution in [0.25, 0.3) is 0 Å². The van der Waals surface area contributed by atoms with Crippen LogP contribution in [0.5, 0.6) is 0 Å². The Morgan fingerprint density at radius 2 is 2.10 bits per heavy atom. The van der Waals surface area contributed by atoms with E-state index >= 15 is 0 Å². The van der Waals surface area contributed by atoms with Gasteiger partial charge in [0.05, 0.1) is 0 Å². The second kappa shape index (κ2) is 3.98. The summed E-state index contributed by atoms with van der Waals surface area (Å²) in [4.78, 5) is 20.0. The maximum Gasteiger partial charge on any atom is 0.303 e. The third kappa shape index (κ3) is 4.00. The fourth-order valence-corrected chi connectivity index (χ4v) is 0.453. The zero-order valence-corrected chi connectivity index (χ0v) is 5.63. The summed E-state index contributed by atoms with van der Waals surface area (Å²) in [5.74, 6) is -1.69. The van der Waals surface area contributed by atoms with Gasteiger partial charge in [0, 0.05) is 6.42 Å². The average Bonchev–Trinajstić information content (AvgIpc) is 1.82. The van der Waals surface area contributed by atoms with Crippen molar-refractivity contribution in [1.82, 2.24) is 0 Å². The molecule has 0 bridgehead atoms. The summed E-state index contributed by atoms with van der Waals surface area (Å²) in [6, 6.07) is 0. The standard InChI is InChI=1S/C6H9FO3/c1-4(8)5(7)2-3-6(9)10/h5H,2-3H2,1H3,(H,9,10). The molecule has 0 saturated carbocycles. The van der Waals surface area contributed by atoms with Gasteiger partial charge in [0.15, 0.2) is 12.0 Å². The predicted octanol–water partition coefficient (Wildman–Crippen LogP) is 0.778. The summed E-state index contributed by atoms with van der Waals surface area (Å²) in [7, 11) is 0. The number of hydrogen-bond donors (Lipinski definition) is 1. The highest BCUT2D eigenvalue weighted by atomic mass is 19.1. The normalized spacial score (nSPS) is 12.6. The molecule has 1 atom stereocenters. The summed E-state index contributed by atoms with van der Waals surface area (Å²) in [5.41, 5.74) is 0. The Labute approximate surface area is 57.8 Å². The fourth-order valence-electron chi connectivity index (χ4n) is 0.453. The van der Waals surface area contributed by atoms with Crippen LogP contribution in [-0.4, -0.2) is 23.0 Å². The van der Waals surface area contributed by atoms with E-state index in [1.54, 1.807) is 0 Å². The van der Waals surface area contributed by atoms with E-state index in [1.165, 1.54) is 0 Å². The molecule has 3 nitrogen and oxygen atoms in total. The van der Waals surface area contributed by atoms with Gasteiger partial charge in [-0.15, -0.1) is 0 Å². The first-order valence-corrected chi connectivity index (χ1v) is 2.90. The van der Waals surface area contributed by atoms with Crippen LogP contribution in [0.1, 0.15) is 19.8 Å². The zero-order chi connectivity index (χ0) is 8.15. The van der Waals surface area contributed by atoms with E-state index in [9.17, 15) is 14.0 Å². The van der Waals surface area contributed by atoms with E-state index in [4.69, 9.17) is 5.11 Å². The van der Waals surface area contributed by atoms with Crippen molar-refractivity contribution in [2.24, 2.45) is 0 Å². The Morgan fingerprint density at radius 1 is 1.60 bits per heavy atom. The number of carbonyl (C=O) groups excluding carboxylic acids is 1. The molecule has 0 aromatic carbocycles. The molecule has 0 aliphatic heterocycles. The number of carboxylic acids is 1. The molecule has 0 aromatic rings. The molecule has 0 saturated heterocycles. The number of aliphatic carboxylic acids is 1. The minimum absolute atomic E-state index is 0.218. The SMILES string of the molecule is CC(=O)C(F)CCC(=O)O. The minimum Gasteiger partial charge on any atom is -0.481 e. The van der Waals surface area contributed by atoms with Crippen LogP contribution in [0.2, 0.25) is 0 Å². The topological polar surface area (TPSA) is 54.4 Å². The maximum absolute atomic E-state index is 12.3. The molecule has 0 amide bonds. The summed E-state index contributed by atoms with van der Waals surface area (Å²) in [6.45, 7) is 1.10. The van der Waals surface area contributed by atoms with Crippen molar-refractivity contribution in [2.45, 2.75) is 25.9 Å². The van der Waals surface area contributed by atoms with Crippen LogP contribution in [0, 0.1) is 0 Å². The molecular weight excluding hydrogens is 139 g/mol. The molecule has 0 fully saturated rings. The van der Waals surface area contributed by atoms with E-state index in [-0.39, 0.29) is 12.8 Å². The number of hydrogen-bond acceptors (Lipinski definition) is 2. The Hall–Kier alpha value is -0.930. The molecule has 0 aliphatic rings. The fraction of sp³-hybridized carbons (Fsp3) is 0.667. The van der Waals surface area contributed by atoms with E-state index in [0.29, 0.717) is 0 Å². The lowest BCUT2D eigenvalue weighted by Crippen LogP contribution is -2.12. The van der Waals surface area contributed by atoms with Gasteiger partial charge in [-0.25, -0.2) is 4.39 Å². The molecular formula is C6H9FO3. The van der Waals surface area contributed by atoms with Gasteiger partial charge < -0.3 is 5.11 Å². The molecule has 0 spiro atoms. The van der Waals surface area contributed by atoms with Crippen molar-refractivity contribution < 1.29 is 19.1 Å². The number of Topliss-reactive ketones (excluding diaryl/α,β-unsaturated/α-hetero) is 1. The van der Waals surface area contributed by atoms with Crippen molar-refractivity contribution in [3.8, 4) is 0 Å². The first-order chi connectivity index (χ1) is 4.54. The van der Waals surface area contributed by atoms with Gasteiger partial charge in [-0.2, -0.15) is 0 Å². The molecule has 0 radical (unpaired) electrons. The van der Waals surface area contributed by atoms with Gasteiger partial charge in [-0.1, -0.05) is 0 Å². The van der Waals surface area contributed by atoms with Gasteiger partial charge in [0.25, 0.3) is 0 Å². The lowest BCUT2D eigenvalue weighted by atomic mass is 10.1. The van der Waals surface area contributed by atoms with E-state index in [0.717, 1.165) is 6.92 Å². The third-order valence-electron chi connectivity index (χ3n) is 1.05. The lowest BCUT2D eigenvalue weighted by molar-refractivity contribution is -0.137. The van der Waals surface area contributed by atoms with Gasteiger partial charge in [0.2, 0.25) is 0 Å². The summed E-state index contributed by atoms with van der Waals surface area (Å²) < 4.78 is 12.3. The van der Waals surface area contributed by atoms with Crippen LogP contribution in [0.4, 0.5) is 4.39 Å². The largest absolute Gasteiger partial charge is 0.481 e. The third-order valence-corrected chi connectivity index (χ3v) is 1.05. The van der Waals surface area contributed by atoms with E-state index in [1.807, 2.05) is 0 Å². The Bertz CT molecular complexity index is 144. The Morgan fingerprint density at radius 3 is 2.40 bits per heavy atom. The quantitative estimate of drug-likeness (QED) is 0.640. The van der Waals surface area contributed by atoms with Crippen molar-refractivity contribution in [3.05, 3.63) is 0 Å². The second-order valence-corrected chi connectivity index (χ2v) is 2.01. The smallest absolute Gasteiger partial charge is 0.303 e. The molecule has 4 heteroatoms. The van der Waals surface area contributed by atoms with Gasteiger partial charge in [0.1, 0.15) is 0 Å². The number of carboxylic acid groups (broad SMARTS) is 1. The maximum atomic E-state index is 12.3. The molecule has 58 valence electrons. The van der Waals surface area contributed by atoms with Crippen molar-refractivity contribution in [3.63, 3.8) is 0 Å². The number of carbonyl (C=O) groups is 2. The van der Waals surface area contributed by atoms with Crippen LogP contribution in [-0.2, 0) is 9.59 Å². The minimum atomic E-state index is -1.61. The lowest BCUT2D eigenvalue weighted by Gasteiger charge is -1.98. The van der Waals surface area contributed by atoms with Crippen molar-refractivity contribution in [1.29, 1.82) is 0 Å². The van der Waals surface area contributed by atoms with E-state index in [2.05, 4.69) is 0 Å². The van der Waals surface area contributed by atoms with Crippen molar-refractivity contribution >= 4 is 11.8 Å². The average molecular weight is 148 g/mol. The molecule has 1 unspecified atom stereocenters. The predicted molar refractivity (Wildman–Crippen MR) is 32.4 cm³/mol. The molecule has 1 N–H and O–H groups in total. The highest BCUT2D eigenvalue weighted by Crippen LogP contribution is 2.02. The second-order valence-electron chi connectivity index (χ2n) is 2.01. The van der Waals surface area contributed by atoms with Crippen LogP contribution in [0.15, 0.2) is 0 Å². The van der Waals surface area contributed by atoms with Gasteiger partial charge in [-0.3, -0.25) is 9.59 Å². The molecule has 0 aromatic heterocycles. The summed E-state index contributed by atoms with van der Waals surface area (Å²) in [5, 5.41) is 8.07. The molecule has 10 heavy (non-hydrogen) atoms. The van der Waals surface area contributed by atoms with Crippen LogP contribution >= 0.6 is 0 Å². The molecule has 0 aliphatic carbocycles. The summed E-state index contributed by atoms with van der Waals surface area (Å²) in [6.07, 6.45) is -2.12. The number of alkyl halides is 1. The molecule has 0 rings (SSSR count). The zero-order valence-electron chi connectivity index (χ0n) is 5.63.